The summed E-state index contributed by atoms with van der Waals surface area (Å²) < 4.78 is 1.66. The van der Waals surface area contributed by atoms with E-state index in [0.717, 1.165) is 52.5 Å². The predicted octanol–water partition coefficient (Wildman–Crippen LogP) is 4.72. The first kappa shape index (κ1) is 21.5. The normalized spacial score (nSPS) is 13.7. The van der Waals surface area contributed by atoms with Gasteiger partial charge in [0.15, 0.2) is 0 Å². The van der Waals surface area contributed by atoms with Crippen molar-refractivity contribution in [3.05, 3.63) is 75.1 Å². The maximum absolute atomic E-state index is 13.3. The van der Waals surface area contributed by atoms with E-state index in [1.165, 1.54) is 5.56 Å². The Labute approximate surface area is 197 Å². The third-order valence-electron chi connectivity index (χ3n) is 6.34. The molecule has 168 valence electrons. The van der Waals surface area contributed by atoms with Crippen LogP contribution in [0, 0.1) is 13.8 Å². The second-order valence-electron chi connectivity index (χ2n) is 8.53. The van der Waals surface area contributed by atoms with Gasteiger partial charge in [-0.1, -0.05) is 24.3 Å². The molecule has 1 aliphatic rings. The van der Waals surface area contributed by atoms with Crippen LogP contribution in [0.1, 0.15) is 57.3 Å². The molecular formula is C25H26N6OS. The fourth-order valence-corrected chi connectivity index (χ4v) is 5.17. The minimum Gasteiger partial charge on any atom is -0.332 e. The summed E-state index contributed by atoms with van der Waals surface area (Å²) in [7, 11) is 1.80. The Kier molecular flexibility index (Phi) is 5.54. The molecule has 0 N–H and O–H groups in total. The molecule has 8 heteroatoms. The summed E-state index contributed by atoms with van der Waals surface area (Å²) in [6.07, 6.45) is 6.57. The topological polar surface area (TPSA) is 76.8 Å². The molecule has 1 amide bonds. The number of carbonyl (C=O) groups is 1. The Bertz CT molecular complexity index is 1340. The number of amides is 1. The van der Waals surface area contributed by atoms with Gasteiger partial charge < -0.3 is 4.90 Å². The number of rotatable bonds is 4. The molecule has 0 spiro atoms. The van der Waals surface area contributed by atoms with Crippen molar-refractivity contribution in [1.29, 1.82) is 0 Å². The van der Waals surface area contributed by atoms with Crippen LogP contribution in [0.15, 0.2) is 42.0 Å². The van der Waals surface area contributed by atoms with E-state index in [1.807, 2.05) is 38.4 Å². The van der Waals surface area contributed by atoms with E-state index in [0.29, 0.717) is 11.5 Å². The van der Waals surface area contributed by atoms with Gasteiger partial charge in [0.2, 0.25) is 0 Å². The lowest BCUT2D eigenvalue weighted by molar-refractivity contribution is 0.0741. The number of benzene rings is 1. The molecule has 1 aliphatic carbocycles. The lowest BCUT2D eigenvalue weighted by atomic mass is 10.0. The Morgan fingerprint density at radius 2 is 1.91 bits per heavy atom. The van der Waals surface area contributed by atoms with E-state index < -0.39 is 0 Å². The molecule has 1 unspecified atom stereocenters. The van der Waals surface area contributed by atoms with Crippen molar-refractivity contribution in [2.75, 3.05) is 7.05 Å². The zero-order valence-electron chi connectivity index (χ0n) is 19.2. The van der Waals surface area contributed by atoms with Crippen LogP contribution >= 0.6 is 11.3 Å². The smallest absolute Gasteiger partial charge is 0.257 e. The second kappa shape index (κ2) is 8.51. The Morgan fingerprint density at radius 1 is 1.12 bits per heavy atom. The van der Waals surface area contributed by atoms with Crippen LogP contribution in [0.25, 0.3) is 17.2 Å². The molecule has 0 radical (unpaired) electrons. The first-order valence-corrected chi connectivity index (χ1v) is 12.0. The van der Waals surface area contributed by atoms with Crippen molar-refractivity contribution >= 4 is 17.2 Å². The van der Waals surface area contributed by atoms with Crippen LogP contribution in [0.2, 0.25) is 0 Å². The fourth-order valence-electron chi connectivity index (χ4n) is 4.27. The van der Waals surface area contributed by atoms with E-state index in [9.17, 15) is 4.79 Å². The average Bonchev–Trinajstić information content (AvgIpc) is 3.38. The predicted molar refractivity (Wildman–Crippen MR) is 129 cm³/mol. The standard InChI is InChI=1S/C25H26N6OS/c1-15-14-33-23(28-15)17(3)30(4)24(32)21-13-27-31(16(21)2)25-26-12-19-10-7-9-18-8-5-6-11-20(18)22(19)29-25/h5-6,8,11-14,17H,7,9-10H2,1-4H3. The van der Waals surface area contributed by atoms with Gasteiger partial charge in [-0.05, 0) is 51.2 Å². The van der Waals surface area contributed by atoms with Crippen LogP contribution in [-0.4, -0.2) is 42.6 Å². The van der Waals surface area contributed by atoms with Crippen molar-refractivity contribution in [3.63, 3.8) is 0 Å². The lowest BCUT2D eigenvalue weighted by Gasteiger charge is -2.23. The third kappa shape index (κ3) is 3.84. The van der Waals surface area contributed by atoms with Crippen LogP contribution in [-0.2, 0) is 12.8 Å². The minimum atomic E-state index is -0.126. The summed E-state index contributed by atoms with van der Waals surface area (Å²) in [5, 5.41) is 7.40. The molecule has 0 saturated heterocycles. The van der Waals surface area contributed by atoms with Gasteiger partial charge in [0.05, 0.1) is 29.2 Å². The van der Waals surface area contributed by atoms with Crippen molar-refractivity contribution in [1.82, 2.24) is 29.6 Å². The highest BCUT2D eigenvalue weighted by Gasteiger charge is 2.25. The van der Waals surface area contributed by atoms with E-state index in [4.69, 9.17) is 4.98 Å². The van der Waals surface area contributed by atoms with Crippen LogP contribution in [0.3, 0.4) is 0 Å². The number of hydrogen-bond donors (Lipinski definition) is 0. The number of aromatic nitrogens is 5. The van der Waals surface area contributed by atoms with Crippen molar-refractivity contribution < 1.29 is 4.79 Å². The van der Waals surface area contributed by atoms with Crippen LogP contribution < -0.4 is 0 Å². The molecule has 3 heterocycles. The van der Waals surface area contributed by atoms with Gasteiger partial charge in [-0.25, -0.2) is 19.6 Å². The highest BCUT2D eigenvalue weighted by molar-refractivity contribution is 7.09. The number of carbonyl (C=O) groups excluding carboxylic acids is 1. The molecule has 5 rings (SSSR count). The summed E-state index contributed by atoms with van der Waals surface area (Å²) >= 11 is 1.57. The number of thiazole rings is 1. The lowest BCUT2D eigenvalue weighted by Crippen LogP contribution is -2.30. The maximum atomic E-state index is 13.3. The largest absolute Gasteiger partial charge is 0.332 e. The summed E-state index contributed by atoms with van der Waals surface area (Å²) in [6.45, 7) is 5.83. The summed E-state index contributed by atoms with van der Waals surface area (Å²) in [6, 6.07) is 8.29. The molecule has 0 saturated carbocycles. The van der Waals surface area contributed by atoms with Crippen LogP contribution in [0.5, 0.6) is 0 Å². The van der Waals surface area contributed by atoms with Crippen molar-refractivity contribution in [2.45, 2.75) is 46.1 Å². The zero-order valence-corrected chi connectivity index (χ0v) is 20.1. The van der Waals surface area contributed by atoms with Gasteiger partial charge >= 0.3 is 0 Å². The van der Waals surface area contributed by atoms with Crippen LogP contribution in [0.4, 0.5) is 0 Å². The molecule has 7 nitrogen and oxygen atoms in total. The minimum absolute atomic E-state index is 0.0980. The van der Waals surface area contributed by atoms with E-state index in [-0.39, 0.29) is 11.9 Å². The van der Waals surface area contributed by atoms with Gasteiger partial charge in [0, 0.05) is 29.9 Å². The van der Waals surface area contributed by atoms with E-state index in [2.05, 4.69) is 33.3 Å². The Morgan fingerprint density at radius 3 is 2.70 bits per heavy atom. The molecule has 0 fully saturated rings. The first-order chi connectivity index (χ1) is 15.9. The molecule has 3 aromatic heterocycles. The quantitative estimate of drug-likeness (QED) is 0.442. The Balaban J connectivity index is 1.48. The number of aryl methyl sites for hydroxylation is 3. The third-order valence-corrected chi connectivity index (χ3v) is 7.47. The highest BCUT2D eigenvalue weighted by atomic mass is 32.1. The van der Waals surface area contributed by atoms with E-state index in [1.54, 1.807) is 34.2 Å². The fraction of sp³-hybridized carbons (Fsp3) is 0.320. The number of nitrogens with zero attached hydrogens (tertiary/aromatic N) is 6. The molecule has 1 aromatic carbocycles. The molecule has 1 atom stereocenters. The molecule has 0 aliphatic heterocycles. The second-order valence-corrected chi connectivity index (χ2v) is 9.42. The van der Waals surface area contributed by atoms with Gasteiger partial charge in [0.25, 0.3) is 11.9 Å². The summed E-state index contributed by atoms with van der Waals surface area (Å²) in [5.41, 5.74) is 6.79. The molecule has 0 bridgehead atoms. The number of hydrogen-bond acceptors (Lipinski definition) is 6. The summed E-state index contributed by atoms with van der Waals surface area (Å²) in [5.74, 6) is 0.382. The van der Waals surface area contributed by atoms with Gasteiger partial charge in [-0.3, -0.25) is 4.79 Å². The van der Waals surface area contributed by atoms with Crippen molar-refractivity contribution in [2.24, 2.45) is 0 Å². The summed E-state index contributed by atoms with van der Waals surface area (Å²) in [4.78, 5) is 29.0. The SMILES string of the molecule is Cc1csc(C(C)N(C)C(=O)c2cnn(-c3ncc4c(n3)-c3ccccc3CCC4)c2C)n1. The Hall–Kier alpha value is -3.39. The van der Waals surface area contributed by atoms with Gasteiger partial charge in [-0.15, -0.1) is 11.3 Å². The monoisotopic (exact) mass is 458 g/mol. The molecule has 4 aromatic rings. The maximum Gasteiger partial charge on any atom is 0.257 e. The van der Waals surface area contributed by atoms with E-state index >= 15 is 0 Å². The van der Waals surface area contributed by atoms with Gasteiger partial charge in [0.1, 0.15) is 5.01 Å². The molecule has 33 heavy (non-hydrogen) atoms. The van der Waals surface area contributed by atoms with Crippen molar-refractivity contribution in [3.8, 4) is 17.2 Å². The average molecular weight is 459 g/mol. The number of fused-ring (bicyclic) bond motifs is 3. The zero-order chi connectivity index (χ0) is 23.1. The molecular weight excluding hydrogens is 432 g/mol. The first-order valence-electron chi connectivity index (χ1n) is 11.1. The highest BCUT2D eigenvalue weighted by Crippen LogP contribution is 2.31. The van der Waals surface area contributed by atoms with Gasteiger partial charge in [-0.2, -0.15) is 5.10 Å².